The lowest BCUT2D eigenvalue weighted by molar-refractivity contribution is -0.138. The normalized spacial score (nSPS) is 16.3. The summed E-state index contributed by atoms with van der Waals surface area (Å²) in [5.41, 5.74) is 1.34. The van der Waals surface area contributed by atoms with E-state index in [1.165, 1.54) is 5.56 Å². The molecule has 0 aliphatic heterocycles. The SMILES string of the molecule is COc1ccc(CSCC2(CC(=O)O)CC2)cc1. The molecule has 1 aromatic rings. The molecule has 1 aliphatic rings. The Hall–Kier alpha value is -1.16. The van der Waals surface area contributed by atoms with E-state index in [1.807, 2.05) is 23.9 Å². The Morgan fingerprint density at radius 3 is 2.56 bits per heavy atom. The summed E-state index contributed by atoms with van der Waals surface area (Å²) < 4.78 is 5.11. The van der Waals surface area contributed by atoms with Crippen LogP contribution in [0, 0.1) is 5.41 Å². The second kappa shape index (κ2) is 5.65. The van der Waals surface area contributed by atoms with Crippen molar-refractivity contribution in [1.29, 1.82) is 0 Å². The third-order valence-corrected chi connectivity index (χ3v) is 4.67. The Morgan fingerprint density at radius 2 is 2.06 bits per heavy atom. The Bertz CT molecular complexity index is 410. The van der Waals surface area contributed by atoms with Gasteiger partial charge in [0, 0.05) is 5.75 Å². The van der Waals surface area contributed by atoms with Crippen LogP contribution in [-0.4, -0.2) is 23.9 Å². The van der Waals surface area contributed by atoms with Crippen molar-refractivity contribution in [3.05, 3.63) is 29.8 Å². The van der Waals surface area contributed by atoms with E-state index in [1.54, 1.807) is 7.11 Å². The first-order chi connectivity index (χ1) is 8.63. The van der Waals surface area contributed by atoms with Crippen LogP contribution in [0.1, 0.15) is 24.8 Å². The van der Waals surface area contributed by atoms with Crippen molar-refractivity contribution in [3.63, 3.8) is 0 Å². The monoisotopic (exact) mass is 266 g/mol. The standard InChI is InChI=1S/C14H18O3S/c1-17-12-4-2-11(3-5-12)9-18-10-14(6-7-14)8-13(15)16/h2-5H,6-10H2,1H3,(H,15,16). The highest BCUT2D eigenvalue weighted by molar-refractivity contribution is 7.98. The molecule has 1 aliphatic carbocycles. The summed E-state index contributed by atoms with van der Waals surface area (Å²) in [6, 6.07) is 8.03. The molecule has 0 bridgehead atoms. The molecule has 0 heterocycles. The molecule has 0 aromatic heterocycles. The van der Waals surface area contributed by atoms with Crippen LogP contribution in [0.15, 0.2) is 24.3 Å². The van der Waals surface area contributed by atoms with E-state index in [4.69, 9.17) is 9.84 Å². The van der Waals surface area contributed by atoms with Crippen LogP contribution < -0.4 is 4.74 Å². The Morgan fingerprint density at radius 1 is 1.39 bits per heavy atom. The Balaban J connectivity index is 1.76. The lowest BCUT2D eigenvalue weighted by atomic mass is 10.1. The van der Waals surface area contributed by atoms with Crippen molar-refractivity contribution in [3.8, 4) is 5.75 Å². The molecule has 0 saturated heterocycles. The number of carbonyl (C=O) groups is 1. The second-order valence-electron chi connectivity index (χ2n) is 4.91. The fraction of sp³-hybridized carbons (Fsp3) is 0.500. The van der Waals surface area contributed by atoms with Gasteiger partial charge in [-0.05, 0) is 41.7 Å². The molecule has 1 saturated carbocycles. The maximum absolute atomic E-state index is 10.7. The summed E-state index contributed by atoms with van der Waals surface area (Å²) >= 11 is 1.83. The van der Waals surface area contributed by atoms with E-state index in [0.29, 0.717) is 6.42 Å². The van der Waals surface area contributed by atoms with Gasteiger partial charge in [0.1, 0.15) is 5.75 Å². The number of carboxylic acid groups (broad SMARTS) is 1. The number of hydrogen-bond donors (Lipinski definition) is 1. The fourth-order valence-electron chi connectivity index (χ4n) is 1.98. The minimum absolute atomic E-state index is 0.0863. The van der Waals surface area contributed by atoms with Gasteiger partial charge >= 0.3 is 5.97 Å². The van der Waals surface area contributed by atoms with E-state index in [0.717, 1.165) is 30.1 Å². The van der Waals surface area contributed by atoms with Crippen molar-refractivity contribution >= 4 is 17.7 Å². The predicted molar refractivity (Wildman–Crippen MR) is 73.1 cm³/mol. The summed E-state index contributed by atoms with van der Waals surface area (Å²) in [6.07, 6.45) is 2.45. The zero-order chi connectivity index (χ0) is 13.0. The van der Waals surface area contributed by atoms with Crippen LogP contribution in [0.2, 0.25) is 0 Å². The quantitative estimate of drug-likeness (QED) is 0.823. The van der Waals surface area contributed by atoms with E-state index in [2.05, 4.69) is 12.1 Å². The molecule has 0 unspecified atom stereocenters. The summed E-state index contributed by atoms with van der Waals surface area (Å²) in [6.45, 7) is 0. The molecule has 1 N–H and O–H groups in total. The third kappa shape index (κ3) is 3.67. The van der Waals surface area contributed by atoms with Gasteiger partial charge < -0.3 is 9.84 Å². The topological polar surface area (TPSA) is 46.5 Å². The molecule has 4 heteroatoms. The van der Waals surface area contributed by atoms with Crippen molar-refractivity contribution in [2.75, 3.05) is 12.9 Å². The molecule has 0 atom stereocenters. The van der Waals surface area contributed by atoms with Crippen molar-refractivity contribution < 1.29 is 14.6 Å². The second-order valence-corrected chi connectivity index (χ2v) is 5.90. The number of benzene rings is 1. The number of ether oxygens (including phenoxy) is 1. The summed E-state index contributed by atoms with van der Waals surface area (Å²) in [7, 11) is 1.66. The number of methoxy groups -OCH3 is 1. The third-order valence-electron chi connectivity index (χ3n) is 3.32. The number of aliphatic carboxylic acids is 1. The smallest absolute Gasteiger partial charge is 0.303 e. The van der Waals surface area contributed by atoms with Gasteiger partial charge in [-0.2, -0.15) is 11.8 Å². The van der Waals surface area contributed by atoms with E-state index in [9.17, 15) is 4.79 Å². The maximum Gasteiger partial charge on any atom is 0.303 e. The lowest BCUT2D eigenvalue weighted by Gasteiger charge is -2.11. The average molecular weight is 266 g/mol. The van der Waals surface area contributed by atoms with Gasteiger partial charge in [-0.25, -0.2) is 0 Å². The van der Waals surface area contributed by atoms with E-state index in [-0.39, 0.29) is 5.41 Å². The highest BCUT2D eigenvalue weighted by Gasteiger charge is 2.43. The molecule has 0 spiro atoms. The molecule has 0 radical (unpaired) electrons. The number of thioether (sulfide) groups is 1. The van der Waals surface area contributed by atoms with E-state index >= 15 is 0 Å². The zero-order valence-corrected chi connectivity index (χ0v) is 11.3. The first-order valence-corrected chi connectivity index (χ1v) is 7.21. The maximum atomic E-state index is 10.7. The van der Waals surface area contributed by atoms with Crippen LogP contribution in [0.4, 0.5) is 0 Å². The first kappa shape index (κ1) is 13.3. The highest BCUT2D eigenvalue weighted by atomic mass is 32.2. The fourth-order valence-corrected chi connectivity index (χ4v) is 3.33. The van der Waals surface area contributed by atoms with Gasteiger partial charge in [0.25, 0.3) is 0 Å². The first-order valence-electron chi connectivity index (χ1n) is 6.06. The van der Waals surface area contributed by atoms with Crippen LogP contribution in [0.5, 0.6) is 5.75 Å². The summed E-state index contributed by atoms with van der Waals surface area (Å²) in [4.78, 5) is 10.7. The molecule has 18 heavy (non-hydrogen) atoms. The average Bonchev–Trinajstić information content (AvgIpc) is 3.09. The molecule has 2 rings (SSSR count). The molecule has 1 fully saturated rings. The molecule has 98 valence electrons. The number of carboxylic acids is 1. The number of rotatable bonds is 7. The van der Waals surface area contributed by atoms with Crippen LogP contribution in [0.3, 0.4) is 0 Å². The zero-order valence-electron chi connectivity index (χ0n) is 10.5. The Kier molecular flexibility index (Phi) is 4.17. The van der Waals surface area contributed by atoms with Crippen LogP contribution in [0.25, 0.3) is 0 Å². The lowest BCUT2D eigenvalue weighted by Crippen LogP contribution is -2.11. The van der Waals surface area contributed by atoms with Crippen molar-refractivity contribution in [2.45, 2.75) is 25.0 Å². The van der Waals surface area contributed by atoms with Gasteiger partial charge in [-0.1, -0.05) is 12.1 Å². The van der Waals surface area contributed by atoms with Gasteiger partial charge in [0.15, 0.2) is 0 Å². The van der Waals surface area contributed by atoms with Gasteiger partial charge in [0.2, 0.25) is 0 Å². The molecule has 3 nitrogen and oxygen atoms in total. The predicted octanol–water partition coefficient (Wildman–Crippen LogP) is 3.18. The van der Waals surface area contributed by atoms with Gasteiger partial charge in [-0.3, -0.25) is 4.79 Å². The molecule has 1 aromatic carbocycles. The Labute approximate surface area is 112 Å². The minimum atomic E-state index is -0.669. The molecule has 0 amide bonds. The van der Waals surface area contributed by atoms with Gasteiger partial charge in [-0.15, -0.1) is 0 Å². The van der Waals surface area contributed by atoms with Crippen molar-refractivity contribution in [1.82, 2.24) is 0 Å². The number of hydrogen-bond acceptors (Lipinski definition) is 3. The van der Waals surface area contributed by atoms with E-state index < -0.39 is 5.97 Å². The molecular formula is C14H18O3S. The van der Waals surface area contributed by atoms with Crippen LogP contribution >= 0.6 is 11.8 Å². The summed E-state index contributed by atoms with van der Waals surface area (Å²) in [5, 5.41) is 8.84. The van der Waals surface area contributed by atoms with Crippen LogP contribution in [-0.2, 0) is 10.5 Å². The largest absolute Gasteiger partial charge is 0.497 e. The molecular weight excluding hydrogens is 248 g/mol. The van der Waals surface area contributed by atoms with Crippen molar-refractivity contribution in [2.24, 2.45) is 5.41 Å². The minimum Gasteiger partial charge on any atom is -0.497 e. The summed E-state index contributed by atoms with van der Waals surface area (Å²) in [5.74, 6) is 2.09. The van der Waals surface area contributed by atoms with Gasteiger partial charge in [0.05, 0.1) is 13.5 Å². The highest BCUT2D eigenvalue weighted by Crippen LogP contribution is 2.51.